The molecule has 0 bridgehead atoms. The van der Waals surface area contributed by atoms with Crippen molar-refractivity contribution in [3.8, 4) is 0 Å². The van der Waals surface area contributed by atoms with Gasteiger partial charge in [-0.1, -0.05) is 25.1 Å². The first kappa shape index (κ1) is 17.0. The van der Waals surface area contributed by atoms with Gasteiger partial charge in [0, 0.05) is 36.9 Å². The van der Waals surface area contributed by atoms with Crippen molar-refractivity contribution in [2.45, 2.75) is 31.8 Å². The van der Waals surface area contributed by atoms with E-state index in [1.807, 2.05) is 29.2 Å². The lowest BCUT2D eigenvalue weighted by atomic mass is 9.70. The van der Waals surface area contributed by atoms with Crippen LogP contribution in [-0.4, -0.2) is 47.8 Å². The van der Waals surface area contributed by atoms with Crippen LogP contribution in [0.25, 0.3) is 10.1 Å². The molecule has 2 atom stereocenters. The maximum Gasteiger partial charge on any atom is 0.263 e. The van der Waals surface area contributed by atoms with Crippen molar-refractivity contribution in [3.63, 3.8) is 0 Å². The summed E-state index contributed by atoms with van der Waals surface area (Å²) in [7, 11) is 0. The lowest BCUT2D eigenvalue weighted by Crippen LogP contribution is -2.56. The van der Waals surface area contributed by atoms with Crippen LogP contribution in [0.15, 0.2) is 30.3 Å². The summed E-state index contributed by atoms with van der Waals surface area (Å²) in [6.07, 6.45) is 2.51. The molecule has 1 aromatic carbocycles. The highest BCUT2D eigenvalue weighted by Crippen LogP contribution is 2.40. The van der Waals surface area contributed by atoms with Crippen LogP contribution in [0.4, 0.5) is 0 Å². The van der Waals surface area contributed by atoms with Gasteiger partial charge < -0.3 is 14.7 Å². The van der Waals surface area contributed by atoms with E-state index in [4.69, 9.17) is 4.74 Å². The second-order valence-corrected chi connectivity index (χ2v) is 8.51. The minimum Gasteiger partial charge on any atom is -0.389 e. The summed E-state index contributed by atoms with van der Waals surface area (Å²) in [4.78, 5) is 15.7. The first-order valence-electron chi connectivity index (χ1n) is 9.16. The first-order chi connectivity index (χ1) is 12.1. The molecule has 134 valence electrons. The van der Waals surface area contributed by atoms with Gasteiger partial charge in [-0.25, -0.2) is 0 Å². The van der Waals surface area contributed by atoms with Gasteiger partial charge in [0.2, 0.25) is 0 Å². The summed E-state index contributed by atoms with van der Waals surface area (Å²) >= 11 is 1.56. The molecule has 3 heterocycles. The van der Waals surface area contributed by atoms with E-state index in [1.165, 1.54) is 0 Å². The summed E-state index contributed by atoms with van der Waals surface area (Å²) < 4.78 is 6.59. The molecule has 2 saturated heterocycles. The number of ether oxygens (including phenoxy) is 1. The molecule has 2 aromatic rings. The monoisotopic (exact) mass is 359 g/mol. The van der Waals surface area contributed by atoms with E-state index < -0.39 is 5.60 Å². The Morgan fingerprint density at radius 3 is 2.80 bits per heavy atom. The van der Waals surface area contributed by atoms with Crippen molar-refractivity contribution in [2.75, 3.05) is 26.3 Å². The molecule has 4 rings (SSSR count). The maximum absolute atomic E-state index is 12.9. The number of carbonyl (C=O) groups excluding carboxylic acids is 1. The lowest BCUT2D eigenvalue weighted by molar-refractivity contribution is -0.125. The highest BCUT2D eigenvalue weighted by Gasteiger charge is 2.46. The van der Waals surface area contributed by atoms with Crippen molar-refractivity contribution in [1.82, 2.24) is 4.90 Å². The Balaban J connectivity index is 1.49. The number of thiophene rings is 1. The number of likely N-dealkylation sites (tertiary alicyclic amines) is 1. The summed E-state index contributed by atoms with van der Waals surface area (Å²) in [5.41, 5.74) is -0.666. The third kappa shape index (κ3) is 3.09. The number of carbonyl (C=O) groups is 1. The standard InChI is InChI=1S/C20H25NO3S/c1-14-13-21(9-8-20(14,23)16-6-10-24-11-7-16)19(22)18-12-15-4-2-3-5-17(15)25-18/h2-5,12,14,16,23H,6-11,13H2,1H3. The van der Waals surface area contributed by atoms with Gasteiger partial charge in [-0.15, -0.1) is 11.3 Å². The fourth-order valence-corrected chi connectivity index (χ4v) is 5.40. The van der Waals surface area contributed by atoms with Crippen LogP contribution < -0.4 is 0 Å². The molecule has 2 fully saturated rings. The number of hydrogen-bond acceptors (Lipinski definition) is 4. The number of fused-ring (bicyclic) bond motifs is 1. The molecular weight excluding hydrogens is 334 g/mol. The van der Waals surface area contributed by atoms with E-state index in [9.17, 15) is 9.90 Å². The summed E-state index contributed by atoms with van der Waals surface area (Å²) in [5.74, 6) is 0.475. The van der Waals surface area contributed by atoms with Crippen LogP contribution in [0.2, 0.25) is 0 Å². The van der Waals surface area contributed by atoms with Crippen LogP contribution in [0, 0.1) is 11.8 Å². The molecule has 0 radical (unpaired) electrons. The Bertz CT molecular complexity index is 734. The Labute approximate surface area is 152 Å². The van der Waals surface area contributed by atoms with E-state index >= 15 is 0 Å². The highest BCUT2D eigenvalue weighted by atomic mass is 32.1. The number of hydrogen-bond donors (Lipinski definition) is 1. The van der Waals surface area contributed by atoms with Crippen molar-refractivity contribution in [1.29, 1.82) is 0 Å². The molecule has 2 unspecified atom stereocenters. The number of amides is 1. The fourth-order valence-electron chi connectivity index (χ4n) is 4.37. The zero-order valence-electron chi connectivity index (χ0n) is 14.6. The Morgan fingerprint density at radius 1 is 1.32 bits per heavy atom. The van der Waals surface area contributed by atoms with Crippen LogP contribution in [-0.2, 0) is 4.74 Å². The summed E-state index contributed by atoms with van der Waals surface area (Å²) in [6, 6.07) is 10.1. The number of benzene rings is 1. The smallest absolute Gasteiger partial charge is 0.263 e. The largest absolute Gasteiger partial charge is 0.389 e. The zero-order chi connectivity index (χ0) is 17.4. The molecule has 0 spiro atoms. The number of nitrogens with zero attached hydrogens (tertiary/aromatic N) is 1. The molecule has 0 aliphatic carbocycles. The molecule has 25 heavy (non-hydrogen) atoms. The van der Waals surface area contributed by atoms with Crippen molar-refractivity contribution < 1.29 is 14.6 Å². The maximum atomic E-state index is 12.9. The Hall–Kier alpha value is -1.43. The second kappa shape index (κ2) is 6.71. The molecule has 4 nitrogen and oxygen atoms in total. The third-order valence-corrected chi connectivity index (χ3v) is 7.09. The van der Waals surface area contributed by atoms with Crippen molar-refractivity contribution in [2.24, 2.45) is 11.8 Å². The molecule has 2 aliphatic heterocycles. The van der Waals surface area contributed by atoms with Gasteiger partial charge in [-0.3, -0.25) is 4.79 Å². The van der Waals surface area contributed by atoms with Gasteiger partial charge in [-0.2, -0.15) is 0 Å². The molecule has 1 aromatic heterocycles. The molecular formula is C20H25NO3S. The van der Waals surface area contributed by atoms with E-state index in [0.717, 1.165) is 41.0 Å². The number of aliphatic hydroxyl groups is 1. The lowest BCUT2D eigenvalue weighted by Gasteiger charge is -2.48. The predicted molar refractivity (Wildman–Crippen MR) is 100 cm³/mol. The minimum atomic E-state index is -0.666. The highest BCUT2D eigenvalue weighted by molar-refractivity contribution is 7.20. The van der Waals surface area contributed by atoms with Crippen LogP contribution >= 0.6 is 11.3 Å². The van der Waals surface area contributed by atoms with Crippen LogP contribution in [0.1, 0.15) is 35.9 Å². The van der Waals surface area contributed by atoms with E-state index in [2.05, 4.69) is 13.0 Å². The second-order valence-electron chi connectivity index (χ2n) is 7.43. The first-order valence-corrected chi connectivity index (χ1v) is 9.97. The summed E-state index contributed by atoms with van der Waals surface area (Å²) in [5, 5.41) is 12.4. The van der Waals surface area contributed by atoms with Crippen LogP contribution in [0.5, 0.6) is 0 Å². The van der Waals surface area contributed by atoms with E-state index in [1.54, 1.807) is 11.3 Å². The Morgan fingerprint density at radius 2 is 2.08 bits per heavy atom. The zero-order valence-corrected chi connectivity index (χ0v) is 15.4. The van der Waals surface area contributed by atoms with Crippen molar-refractivity contribution >= 4 is 27.3 Å². The average Bonchev–Trinajstić information content (AvgIpc) is 3.08. The molecule has 2 aliphatic rings. The predicted octanol–water partition coefficient (Wildman–Crippen LogP) is 3.54. The third-order valence-electron chi connectivity index (χ3n) is 5.98. The molecule has 1 amide bonds. The molecule has 5 heteroatoms. The Kier molecular flexibility index (Phi) is 4.56. The SMILES string of the molecule is CC1CN(C(=O)c2cc3ccccc3s2)CCC1(O)C1CCOCC1. The van der Waals surface area contributed by atoms with Gasteiger partial charge in [0.15, 0.2) is 0 Å². The van der Waals surface area contributed by atoms with Gasteiger partial charge in [0.25, 0.3) is 5.91 Å². The fraction of sp³-hybridized carbons (Fsp3) is 0.550. The normalized spacial score (nSPS) is 28.4. The topological polar surface area (TPSA) is 49.8 Å². The van der Waals surface area contributed by atoms with Gasteiger partial charge in [-0.05, 0) is 42.7 Å². The van der Waals surface area contributed by atoms with Gasteiger partial charge in [0.05, 0.1) is 10.5 Å². The number of rotatable bonds is 2. The summed E-state index contributed by atoms with van der Waals surface area (Å²) in [6.45, 7) is 4.82. The molecule has 1 N–H and O–H groups in total. The van der Waals surface area contributed by atoms with Crippen molar-refractivity contribution in [3.05, 3.63) is 35.2 Å². The molecule has 0 saturated carbocycles. The van der Waals surface area contributed by atoms with Crippen LogP contribution in [0.3, 0.4) is 0 Å². The quantitative estimate of drug-likeness (QED) is 0.892. The minimum absolute atomic E-state index is 0.0858. The average molecular weight is 359 g/mol. The van der Waals surface area contributed by atoms with Gasteiger partial charge in [0.1, 0.15) is 0 Å². The number of piperidine rings is 1. The van der Waals surface area contributed by atoms with E-state index in [0.29, 0.717) is 19.5 Å². The van der Waals surface area contributed by atoms with Gasteiger partial charge >= 0.3 is 0 Å². The van der Waals surface area contributed by atoms with E-state index in [-0.39, 0.29) is 17.7 Å².